The molecule has 0 saturated heterocycles. The Kier molecular flexibility index (Phi) is 8.98. The molecule has 0 unspecified atom stereocenters. The van der Waals surface area contributed by atoms with Crippen molar-refractivity contribution in [3.63, 3.8) is 0 Å². The van der Waals surface area contributed by atoms with Crippen LogP contribution in [0.4, 0.5) is 0 Å². The van der Waals surface area contributed by atoms with Crippen molar-refractivity contribution < 1.29 is 19.2 Å². The van der Waals surface area contributed by atoms with Gasteiger partial charge in [0, 0.05) is 30.1 Å². The van der Waals surface area contributed by atoms with Crippen molar-refractivity contribution in [2.45, 2.75) is 33.3 Å². The summed E-state index contributed by atoms with van der Waals surface area (Å²) in [5.74, 6) is -0.301. The smallest absolute Gasteiger partial charge is 0.333 e. The standard InChI is InChI=1S/C32H34N2O4/c1-4-37-32(36)24(2)19-28-22-34(38-23-26-13-9-6-10-14-26)30-16-15-27(20-29(28)30)21-31(35)33(3)18-17-25-11-7-5-8-12-25/h5-16,19-20,22H,4,17-18,21,23H2,1-3H3/b24-19+. The summed E-state index contributed by atoms with van der Waals surface area (Å²) in [7, 11) is 1.84. The van der Waals surface area contributed by atoms with Gasteiger partial charge in [-0.15, -0.1) is 0 Å². The summed E-state index contributed by atoms with van der Waals surface area (Å²) in [5.41, 5.74) is 5.34. The molecule has 3 aromatic carbocycles. The van der Waals surface area contributed by atoms with Crippen LogP contribution in [-0.4, -0.2) is 41.7 Å². The third-order valence-electron chi connectivity index (χ3n) is 6.41. The molecule has 0 N–H and O–H groups in total. The Morgan fingerprint density at radius 3 is 2.29 bits per heavy atom. The number of nitrogens with zero attached hydrogens (tertiary/aromatic N) is 2. The van der Waals surface area contributed by atoms with Crippen molar-refractivity contribution in [2.24, 2.45) is 0 Å². The Morgan fingerprint density at radius 1 is 0.921 bits per heavy atom. The van der Waals surface area contributed by atoms with Gasteiger partial charge in [-0.3, -0.25) is 4.79 Å². The van der Waals surface area contributed by atoms with Crippen molar-refractivity contribution in [3.8, 4) is 0 Å². The molecule has 0 aliphatic rings. The summed E-state index contributed by atoms with van der Waals surface area (Å²) in [4.78, 5) is 33.1. The number of esters is 1. The fourth-order valence-electron chi connectivity index (χ4n) is 4.23. The molecule has 0 spiro atoms. The number of ether oxygens (including phenoxy) is 1. The maximum absolute atomic E-state index is 13.0. The van der Waals surface area contributed by atoms with E-state index >= 15 is 0 Å². The predicted molar refractivity (Wildman–Crippen MR) is 150 cm³/mol. The number of rotatable bonds is 11. The molecule has 0 atom stereocenters. The minimum atomic E-state index is -0.357. The first-order valence-electron chi connectivity index (χ1n) is 12.9. The molecule has 196 valence electrons. The largest absolute Gasteiger partial charge is 0.463 e. The lowest BCUT2D eigenvalue weighted by atomic mass is 10.0. The molecular weight excluding hydrogens is 476 g/mol. The lowest BCUT2D eigenvalue weighted by Gasteiger charge is -2.17. The molecule has 0 aliphatic heterocycles. The van der Waals surface area contributed by atoms with Crippen molar-refractivity contribution in [1.82, 2.24) is 9.63 Å². The summed E-state index contributed by atoms with van der Waals surface area (Å²) in [6, 6.07) is 26.0. The van der Waals surface area contributed by atoms with E-state index in [9.17, 15) is 9.59 Å². The highest BCUT2D eigenvalue weighted by molar-refractivity contribution is 5.98. The molecule has 0 radical (unpaired) electrons. The number of likely N-dealkylation sites (N-methyl/N-ethyl adjacent to an activating group) is 1. The molecule has 0 aliphatic carbocycles. The predicted octanol–water partition coefficient (Wildman–Crippen LogP) is 5.48. The topological polar surface area (TPSA) is 60.8 Å². The van der Waals surface area contributed by atoms with Gasteiger partial charge in [-0.25, -0.2) is 4.79 Å². The zero-order valence-electron chi connectivity index (χ0n) is 22.2. The van der Waals surface area contributed by atoms with Gasteiger partial charge in [0.25, 0.3) is 0 Å². The summed E-state index contributed by atoms with van der Waals surface area (Å²) in [5, 5.41) is 0.902. The summed E-state index contributed by atoms with van der Waals surface area (Å²) < 4.78 is 6.89. The minimum absolute atomic E-state index is 0.0554. The average Bonchev–Trinajstić information content (AvgIpc) is 3.28. The van der Waals surface area contributed by atoms with Crippen molar-refractivity contribution in [2.75, 3.05) is 20.2 Å². The highest BCUT2D eigenvalue weighted by atomic mass is 16.7. The summed E-state index contributed by atoms with van der Waals surface area (Å²) in [6.07, 6.45) is 4.78. The number of carbonyl (C=O) groups excluding carboxylic acids is 2. The molecule has 1 heterocycles. The lowest BCUT2D eigenvalue weighted by molar-refractivity contribution is -0.138. The fraction of sp³-hybridized carbons (Fsp3) is 0.250. The van der Waals surface area contributed by atoms with E-state index in [0.29, 0.717) is 25.3 Å². The van der Waals surface area contributed by atoms with E-state index < -0.39 is 0 Å². The molecule has 1 amide bonds. The Balaban J connectivity index is 1.56. The molecule has 6 heteroatoms. The molecule has 0 fully saturated rings. The third-order valence-corrected chi connectivity index (χ3v) is 6.41. The van der Waals surface area contributed by atoms with Crippen LogP contribution >= 0.6 is 0 Å². The van der Waals surface area contributed by atoms with Gasteiger partial charge in [0.15, 0.2) is 0 Å². The minimum Gasteiger partial charge on any atom is -0.463 e. The van der Waals surface area contributed by atoms with E-state index in [1.54, 1.807) is 29.6 Å². The van der Waals surface area contributed by atoms with Crippen LogP contribution in [-0.2, 0) is 33.8 Å². The van der Waals surface area contributed by atoms with E-state index in [1.807, 2.05) is 80.0 Å². The van der Waals surface area contributed by atoms with Crippen LogP contribution < -0.4 is 4.84 Å². The van der Waals surface area contributed by atoms with Gasteiger partial charge in [0.2, 0.25) is 5.91 Å². The average molecular weight is 511 g/mol. The number of fused-ring (bicyclic) bond motifs is 1. The molecule has 38 heavy (non-hydrogen) atoms. The van der Waals surface area contributed by atoms with Crippen molar-refractivity contribution in [1.29, 1.82) is 0 Å². The maximum atomic E-state index is 13.0. The third kappa shape index (κ3) is 6.91. The van der Waals surface area contributed by atoms with Crippen LogP contribution in [0.1, 0.15) is 36.1 Å². The Morgan fingerprint density at radius 2 is 1.61 bits per heavy atom. The summed E-state index contributed by atoms with van der Waals surface area (Å²) >= 11 is 0. The van der Waals surface area contributed by atoms with Crippen molar-refractivity contribution >= 4 is 28.9 Å². The molecule has 4 aromatic rings. The highest BCUT2D eigenvalue weighted by Crippen LogP contribution is 2.25. The number of hydrogen-bond acceptors (Lipinski definition) is 4. The Hall–Kier alpha value is -4.32. The van der Waals surface area contributed by atoms with E-state index in [2.05, 4.69) is 12.1 Å². The number of carbonyl (C=O) groups is 2. The monoisotopic (exact) mass is 510 g/mol. The quantitative estimate of drug-likeness (QED) is 0.198. The fourth-order valence-corrected chi connectivity index (χ4v) is 4.23. The van der Waals surface area contributed by atoms with Crippen LogP contribution in [0, 0.1) is 0 Å². The molecule has 0 bridgehead atoms. The van der Waals surface area contributed by atoms with Gasteiger partial charge in [-0.1, -0.05) is 66.7 Å². The van der Waals surface area contributed by atoms with Crippen molar-refractivity contribution in [3.05, 3.63) is 113 Å². The van der Waals surface area contributed by atoms with Crippen LogP contribution in [0.15, 0.2) is 90.6 Å². The van der Waals surface area contributed by atoms with Crippen LogP contribution in [0.2, 0.25) is 0 Å². The van der Waals surface area contributed by atoms with Gasteiger partial charge < -0.3 is 14.5 Å². The van der Waals surface area contributed by atoms with E-state index in [4.69, 9.17) is 9.57 Å². The van der Waals surface area contributed by atoms with E-state index in [0.717, 1.165) is 34.0 Å². The second kappa shape index (κ2) is 12.8. The first-order valence-corrected chi connectivity index (χ1v) is 12.9. The first kappa shape index (κ1) is 26.7. The lowest BCUT2D eigenvalue weighted by Crippen LogP contribution is -2.30. The van der Waals surface area contributed by atoms with Crippen LogP contribution in [0.5, 0.6) is 0 Å². The number of amides is 1. The molecule has 4 rings (SSSR count). The number of hydrogen-bond donors (Lipinski definition) is 0. The molecule has 0 saturated carbocycles. The first-order chi connectivity index (χ1) is 18.4. The second-order valence-corrected chi connectivity index (χ2v) is 9.30. The van der Waals surface area contributed by atoms with Gasteiger partial charge in [0.1, 0.15) is 6.61 Å². The molecule has 6 nitrogen and oxygen atoms in total. The van der Waals surface area contributed by atoms with Crippen LogP contribution in [0.3, 0.4) is 0 Å². The Labute approximate surface area is 224 Å². The normalized spacial score (nSPS) is 11.4. The zero-order valence-corrected chi connectivity index (χ0v) is 22.2. The summed E-state index contributed by atoms with van der Waals surface area (Å²) in [6.45, 7) is 4.89. The van der Waals surface area contributed by atoms with Crippen LogP contribution in [0.25, 0.3) is 17.0 Å². The SMILES string of the molecule is CCOC(=O)/C(C)=C/c1cn(OCc2ccccc2)c2ccc(CC(=O)N(C)CCc3ccccc3)cc12. The van der Waals surface area contributed by atoms with Gasteiger partial charge in [-0.2, -0.15) is 4.73 Å². The van der Waals surface area contributed by atoms with Gasteiger partial charge in [-0.05, 0) is 55.2 Å². The highest BCUT2D eigenvalue weighted by Gasteiger charge is 2.15. The van der Waals surface area contributed by atoms with Gasteiger partial charge in [0.05, 0.1) is 24.7 Å². The van der Waals surface area contributed by atoms with E-state index in [1.165, 1.54) is 5.56 Å². The zero-order chi connectivity index (χ0) is 26.9. The molecular formula is C32H34N2O4. The number of benzene rings is 3. The number of aromatic nitrogens is 1. The molecule has 1 aromatic heterocycles. The van der Waals surface area contributed by atoms with E-state index in [-0.39, 0.29) is 18.3 Å². The Bertz CT molecular complexity index is 1410. The van der Waals surface area contributed by atoms with Gasteiger partial charge >= 0.3 is 5.97 Å². The maximum Gasteiger partial charge on any atom is 0.333 e. The second-order valence-electron chi connectivity index (χ2n) is 9.30.